The molecule has 0 unspecified atom stereocenters. The van der Waals surface area contributed by atoms with E-state index in [1.54, 1.807) is 12.1 Å². The molecule has 0 fully saturated rings. The number of aromatic carboxylic acids is 1. The van der Waals surface area contributed by atoms with Crippen molar-refractivity contribution in [2.45, 2.75) is 0 Å². The molecule has 0 atom stereocenters. The SMILES string of the molecule is O=C(O)c1ccc(Cl)c(-c2ccc(Br)cc2)c1. The molecule has 1 N–H and O–H groups in total. The zero-order chi connectivity index (χ0) is 12.4. The van der Waals surface area contributed by atoms with Crippen LogP contribution in [0.1, 0.15) is 10.4 Å². The van der Waals surface area contributed by atoms with Crippen LogP contribution < -0.4 is 0 Å². The molecular weight excluding hydrogens is 303 g/mol. The molecule has 0 aliphatic rings. The van der Waals surface area contributed by atoms with Crippen LogP contribution >= 0.6 is 27.5 Å². The van der Waals surface area contributed by atoms with E-state index in [-0.39, 0.29) is 5.56 Å². The summed E-state index contributed by atoms with van der Waals surface area (Å²) in [5, 5.41) is 9.48. The monoisotopic (exact) mass is 310 g/mol. The maximum atomic E-state index is 10.9. The van der Waals surface area contributed by atoms with Crippen molar-refractivity contribution in [1.82, 2.24) is 0 Å². The van der Waals surface area contributed by atoms with Crippen molar-refractivity contribution in [3.05, 3.63) is 57.5 Å². The Kier molecular flexibility index (Phi) is 3.50. The normalized spacial score (nSPS) is 10.2. The van der Waals surface area contributed by atoms with Gasteiger partial charge in [0.05, 0.1) is 5.56 Å². The van der Waals surface area contributed by atoms with E-state index < -0.39 is 5.97 Å². The minimum atomic E-state index is -0.958. The van der Waals surface area contributed by atoms with Gasteiger partial charge in [-0.2, -0.15) is 0 Å². The summed E-state index contributed by atoms with van der Waals surface area (Å²) in [6.45, 7) is 0. The Morgan fingerprint density at radius 2 is 1.76 bits per heavy atom. The molecule has 0 amide bonds. The van der Waals surface area contributed by atoms with Crippen molar-refractivity contribution in [3.63, 3.8) is 0 Å². The lowest BCUT2D eigenvalue weighted by atomic mass is 10.0. The van der Waals surface area contributed by atoms with Gasteiger partial charge < -0.3 is 5.11 Å². The summed E-state index contributed by atoms with van der Waals surface area (Å²) in [6.07, 6.45) is 0. The van der Waals surface area contributed by atoms with E-state index in [1.807, 2.05) is 24.3 Å². The van der Waals surface area contributed by atoms with Gasteiger partial charge in [-0.1, -0.05) is 39.7 Å². The van der Waals surface area contributed by atoms with Crippen molar-refractivity contribution in [2.24, 2.45) is 0 Å². The van der Waals surface area contributed by atoms with Crippen LogP contribution in [0.25, 0.3) is 11.1 Å². The largest absolute Gasteiger partial charge is 0.478 e. The van der Waals surface area contributed by atoms with E-state index in [2.05, 4.69) is 15.9 Å². The maximum absolute atomic E-state index is 10.9. The Balaban J connectivity index is 2.54. The molecule has 0 aliphatic heterocycles. The van der Waals surface area contributed by atoms with Crippen molar-refractivity contribution in [2.75, 3.05) is 0 Å². The van der Waals surface area contributed by atoms with Crippen molar-refractivity contribution in [3.8, 4) is 11.1 Å². The number of carboxylic acids is 1. The van der Waals surface area contributed by atoms with Crippen molar-refractivity contribution < 1.29 is 9.90 Å². The minimum Gasteiger partial charge on any atom is -0.478 e. The quantitative estimate of drug-likeness (QED) is 0.888. The Bertz CT molecular complexity index is 564. The van der Waals surface area contributed by atoms with Gasteiger partial charge in [0, 0.05) is 15.1 Å². The molecule has 0 heterocycles. The molecular formula is C13H8BrClO2. The van der Waals surface area contributed by atoms with Crippen LogP contribution in [0.4, 0.5) is 0 Å². The van der Waals surface area contributed by atoms with Gasteiger partial charge in [0.1, 0.15) is 0 Å². The average molecular weight is 312 g/mol. The van der Waals surface area contributed by atoms with Crippen LogP contribution in [-0.4, -0.2) is 11.1 Å². The number of carboxylic acid groups (broad SMARTS) is 1. The fourth-order valence-corrected chi connectivity index (χ4v) is 2.00. The van der Waals surface area contributed by atoms with Gasteiger partial charge >= 0.3 is 5.97 Å². The summed E-state index contributed by atoms with van der Waals surface area (Å²) in [7, 11) is 0. The molecule has 0 spiro atoms. The molecule has 2 aromatic rings. The number of halogens is 2. The Labute approximate surface area is 112 Å². The first-order valence-corrected chi connectivity index (χ1v) is 6.04. The predicted molar refractivity (Wildman–Crippen MR) is 71.5 cm³/mol. The highest BCUT2D eigenvalue weighted by Gasteiger charge is 2.08. The molecule has 0 saturated carbocycles. The lowest BCUT2D eigenvalue weighted by molar-refractivity contribution is 0.0697. The molecule has 2 aromatic carbocycles. The third kappa shape index (κ3) is 2.68. The highest BCUT2D eigenvalue weighted by atomic mass is 79.9. The number of carbonyl (C=O) groups is 1. The summed E-state index contributed by atoms with van der Waals surface area (Å²) in [5.41, 5.74) is 1.84. The van der Waals surface area contributed by atoms with Gasteiger partial charge in [-0.25, -0.2) is 4.79 Å². The Morgan fingerprint density at radius 1 is 1.12 bits per heavy atom. The van der Waals surface area contributed by atoms with E-state index in [9.17, 15) is 4.79 Å². The standard InChI is InChI=1S/C13H8BrClO2/c14-10-4-1-8(2-5-10)11-7-9(13(16)17)3-6-12(11)15/h1-7H,(H,16,17). The number of rotatable bonds is 2. The zero-order valence-electron chi connectivity index (χ0n) is 8.65. The molecule has 0 aromatic heterocycles. The molecule has 4 heteroatoms. The second-order valence-corrected chi connectivity index (χ2v) is 4.83. The average Bonchev–Trinajstić information content (AvgIpc) is 2.31. The second kappa shape index (κ2) is 4.90. The summed E-state index contributed by atoms with van der Waals surface area (Å²) in [4.78, 5) is 10.9. The van der Waals surface area contributed by atoms with Gasteiger partial charge in [0.25, 0.3) is 0 Å². The van der Waals surface area contributed by atoms with E-state index in [4.69, 9.17) is 16.7 Å². The third-order valence-electron chi connectivity index (χ3n) is 2.37. The number of benzene rings is 2. The van der Waals surface area contributed by atoms with E-state index in [1.165, 1.54) is 6.07 Å². The van der Waals surface area contributed by atoms with E-state index >= 15 is 0 Å². The molecule has 86 valence electrons. The van der Waals surface area contributed by atoms with Crippen molar-refractivity contribution in [1.29, 1.82) is 0 Å². The lowest BCUT2D eigenvalue weighted by Crippen LogP contribution is -1.96. The molecule has 0 saturated heterocycles. The van der Waals surface area contributed by atoms with Crippen LogP contribution in [0, 0.1) is 0 Å². The fraction of sp³-hybridized carbons (Fsp3) is 0. The molecule has 0 radical (unpaired) electrons. The molecule has 17 heavy (non-hydrogen) atoms. The van der Waals surface area contributed by atoms with Crippen molar-refractivity contribution >= 4 is 33.5 Å². The molecule has 0 aliphatic carbocycles. The highest BCUT2D eigenvalue weighted by Crippen LogP contribution is 2.29. The smallest absolute Gasteiger partial charge is 0.335 e. The number of hydrogen-bond acceptors (Lipinski definition) is 1. The van der Waals surface area contributed by atoms with Crippen LogP contribution in [0.15, 0.2) is 46.9 Å². The first kappa shape index (κ1) is 12.1. The minimum absolute atomic E-state index is 0.229. The Morgan fingerprint density at radius 3 is 2.35 bits per heavy atom. The summed E-state index contributed by atoms with van der Waals surface area (Å²) in [5.74, 6) is -0.958. The van der Waals surface area contributed by atoms with E-state index in [0.29, 0.717) is 5.02 Å². The second-order valence-electron chi connectivity index (χ2n) is 3.51. The van der Waals surface area contributed by atoms with Crippen LogP contribution in [0.3, 0.4) is 0 Å². The Hall–Kier alpha value is -1.32. The van der Waals surface area contributed by atoms with Gasteiger partial charge in [-0.05, 0) is 35.9 Å². The van der Waals surface area contributed by atoms with E-state index in [0.717, 1.165) is 15.6 Å². The van der Waals surface area contributed by atoms with Crippen LogP contribution in [0.5, 0.6) is 0 Å². The lowest BCUT2D eigenvalue weighted by Gasteiger charge is -2.06. The summed E-state index contributed by atoms with van der Waals surface area (Å²) in [6, 6.07) is 12.2. The van der Waals surface area contributed by atoms with Gasteiger partial charge in [0.2, 0.25) is 0 Å². The topological polar surface area (TPSA) is 37.3 Å². The van der Waals surface area contributed by atoms with Crippen LogP contribution in [0.2, 0.25) is 5.02 Å². The number of hydrogen-bond donors (Lipinski definition) is 1. The molecule has 0 bridgehead atoms. The first-order valence-electron chi connectivity index (χ1n) is 4.87. The van der Waals surface area contributed by atoms with Crippen LogP contribution in [-0.2, 0) is 0 Å². The fourth-order valence-electron chi connectivity index (χ4n) is 1.51. The molecule has 2 rings (SSSR count). The molecule has 2 nitrogen and oxygen atoms in total. The summed E-state index contributed by atoms with van der Waals surface area (Å²) >= 11 is 9.42. The third-order valence-corrected chi connectivity index (χ3v) is 3.23. The van der Waals surface area contributed by atoms with Gasteiger partial charge in [-0.15, -0.1) is 0 Å². The summed E-state index contributed by atoms with van der Waals surface area (Å²) < 4.78 is 0.965. The zero-order valence-corrected chi connectivity index (χ0v) is 11.0. The first-order chi connectivity index (χ1) is 8.08. The van der Waals surface area contributed by atoms with Gasteiger partial charge in [0.15, 0.2) is 0 Å². The predicted octanol–water partition coefficient (Wildman–Crippen LogP) is 4.47. The highest BCUT2D eigenvalue weighted by molar-refractivity contribution is 9.10. The van der Waals surface area contributed by atoms with Gasteiger partial charge in [-0.3, -0.25) is 0 Å². The maximum Gasteiger partial charge on any atom is 0.335 e.